The van der Waals surface area contributed by atoms with Crippen LogP contribution in [-0.4, -0.2) is 42.4 Å². The number of benzene rings is 1. The van der Waals surface area contributed by atoms with Crippen LogP contribution in [0.4, 0.5) is 5.69 Å². The monoisotopic (exact) mass is 333 g/mol. The van der Waals surface area contributed by atoms with E-state index >= 15 is 0 Å². The van der Waals surface area contributed by atoms with Crippen LogP contribution >= 0.6 is 11.6 Å². The SMILES string of the molecule is COc1ccc(NC(=O)CN(C)C(=O)c2cc(Cl)ccn2)cc1. The second-order valence-electron chi connectivity index (χ2n) is 4.80. The average Bonchev–Trinajstić information content (AvgIpc) is 2.54. The highest BCUT2D eigenvalue weighted by Gasteiger charge is 2.16. The molecule has 0 spiro atoms. The maximum absolute atomic E-state index is 12.2. The number of aromatic nitrogens is 1. The van der Waals surface area contributed by atoms with Crippen LogP contribution in [-0.2, 0) is 4.79 Å². The van der Waals surface area contributed by atoms with Gasteiger partial charge in [0, 0.05) is 24.0 Å². The van der Waals surface area contributed by atoms with Crippen molar-refractivity contribution in [3.63, 3.8) is 0 Å². The molecule has 0 saturated heterocycles. The number of likely N-dealkylation sites (N-methyl/N-ethyl adjacent to an activating group) is 1. The molecular weight excluding hydrogens is 318 g/mol. The van der Waals surface area contributed by atoms with Gasteiger partial charge in [-0.25, -0.2) is 0 Å². The lowest BCUT2D eigenvalue weighted by Crippen LogP contribution is -2.35. The lowest BCUT2D eigenvalue weighted by molar-refractivity contribution is -0.116. The molecule has 0 unspecified atom stereocenters. The molecule has 2 rings (SSSR count). The minimum absolute atomic E-state index is 0.0982. The Morgan fingerprint density at radius 1 is 1.26 bits per heavy atom. The first-order valence-electron chi connectivity index (χ1n) is 6.80. The molecule has 120 valence electrons. The number of hydrogen-bond donors (Lipinski definition) is 1. The van der Waals surface area contributed by atoms with Crippen molar-refractivity contribution in [3.8, 4) is 5.75 Å². The van der Waals surface area contributed by atoms with Gasteiger partial charge < -0.3 is 15.0 Å². The zero-order valence-corrected chi connectivity index (χ0v) is 13.5. The zero-order valence-electron chi connectivity index (χ0n) is 12.7. The summed E-state index contributed by atoms with van der Waals surface area (Å²) < 4.78 is 5.05. The van der Waals surface area contributed by atoms with Crippen LogP contribution in [0.1, 0.15) is 10.5 Å². The first kappa shape index (κ1) is 16.8. The minimum atomic E-state index is -0.377. The predicted octanol–water partition coefficient (Wildman–Crippen LogP) is 2.45. The fourth-order valence-electron chi connectivity index (χ4n) is 1.88. The molecule has 7 heteroatoms. The third-order valence-corrected chi connectivity index (χ3v) is 3.28. The molecule has 0 aliphatic heterocycles. The molecule has 0 atom stereocenters. The van der Waals surface area contributed by atoms with Crippen molar-refractivity contribution in [3.05, 3.63) is 53.3 Å². The molecule has 0 aliphatic carbocycles. The Hall–Kier alpha value is -2.60. The molecule has 1 aromatic carbocycles. The Labute approximate surface area is 139 Å². The lowest BCUT2D eigenvalue weighted by atomic mass is 10.3. The molecule has 2 aromatic rings. The van der Waals surface area contributed by atoms with Gasteiger partial charge in [-0.3, -0.25) is 14.6 Å². The molecule has 6 nitrogen and oxygen atoms in total. The van der Waals surface area contributed by atoms with E-state index in [0.29, 0.717) is 16.5 Å². The number of hydrogen-bond acceptors (Lipinski definition) is 4. The molecule has 1 aromatic heterocycles. The summed E-state index contributed by atoms with van der Waals surface area (Å²) in [5.41, 5.74) is 0.815. The van der Waals surface area contributed by atoms with E-state index in [0.717, 1.165) is 0 Å². The Balaban J connectivity index is 1.94. The number of anilines is 1. The second-order valence-corrected chi connectivity index (χ2v) is 5.23. The first-order valence-corrected chi connectivity index (χ1v) is 7.18. The van der Waals surface area contributed by atoms with Crippen molar-refractivity contribution in [2.24, 2.45) is 0 Å². The van der Waals surface area contributed by atoms with Crippen molar-refractivity contribution < 1.29 is 14.3 Å². The van der Waals surface area contributed by atoms with Gasteiger partial charge in [0.15, 0.2) is 0 Å². The fourth-order valence-corrected chi connectivity index (χ4v) is 2.04. The molecular formula is C16H16ClN3O3. The molecule has 0 fully saturated rings. The third-order valence-electron chi connectivity index (χ3n) is 3.04. The maximum Gasteiger partial charge on any atom is 0.272 e. The highest BCUT2D eigenvalue weighted by molar-refractivity contribution is 6.30. The van der Waals surface area contributed by atoms with Crippen LogP contribution < -0.4 is 10.1 Å². The van der Waals surface area contributed by atoms with Crippen molar-refractivity contribution in [1.29, 1.82) is 0 Å². The molecule has 0 aliphatic rings. The van der Waals surface area contributed by atoms with Crippen molar-refractivity contribution in [1.82, 2.24) is 9.88 Å². The average molecular weight is 334 g/mol. The number of ether oxygens (including phenoxy) is 1. The van der Waals surface area contributed by atoms with Crippen molar-refractivity contribution >= 4 is 29.1 Å². The summed E-state index contributed by atoms with van der Waals surface area (Å²) in [6, 6.07) is 9.95. The van der Waals surface area contributed by atoms with E-state index in [4.69, 9.17) is 16.3 Å². The smallest absolute Gasteiger partial charge is 0.272 e. The van der Waals surface area contributed by atoms with Crippen LogP contribution in [0.15, 0.2) is 42.6 Å². The van der Waals surface area contributed by atoms with E-state index < -0.39 is 0 Å². The number of pyridine rings is 1. The van der Waals surface area contributed by atoms with E-state index in [9.17, 15) is 9.59 Å². The molecule has 1 heterocycles. The summed E-state index contributed by atoms with van der Waals surface area (Å²) in [4.78, 5) is 29.4. The topological polar surface area (TPSA) is 71.5 Å². The quantitative estimate of drug-likeness (QED) is 0.912. The van der Waals surface area contributed by atoms with Gasteiger partial charge in [-0.05, 0) is 36.4 Å². The predicted molar refractivity (Wildman–Crippen MR) is 87.8 cm³/mol. The van der Waals surface area contributed by atoms with E-state index in [1.54, 1.807) is 37.4 Å². The van der Waals surface area contributed by atoms with E-state index in [2.05, 4.69) is 10.3 Å². The van der Waals surface area contributed by atoms with Crippen LogP contribution in [0, 0.1) is 0 Å². The summed E-state index contributed by atoms with van der Waals surface area (Å²) >= 11 is 5.83. The summed E-state index contributed by atoms with van der Waals surface area (Å²) in [5.74, 6) is 0.00718. The number of carbonyl (C=O) groups is 2. The maximum atomic E-state index is 12.2. The number of methoxy groups -OCH3 is 1. The number of amides is 2. The third kappa shape index (κ3) is 4.69. The first-order chi connectivity index (χ1) is 11.0. The normalized spacial score (nSPS) is 10.0. The van der Waals surface area contributed by atoms with Crippen molar-refractivity contribution in [2.45, 2.75) is 0 Å². The standard InChI is InChI=1S/C16H16ClN3O3/c1-20(16(22)14-9-11(17)7-8-18-14)10-15(21)19-12-3-5-13(23-2)6-4-12/h3-9H,10H2,1-2H3,(H,19,21). The number of nitrogens with one attached hydrogen (secondary N) is 1. The summed E-state index contributed by atoms with van der Waals surface area (Å²) in [6.45, 7) is -0.0982. The van der Waals surface area contributed by atoms with Gasteiger partial charge >= 0.3 is 0 Å². The molecule has 23 heavy (non-hydrogen) atoms. The molecule has 0 saturated carbocycles. The molecule has 0 radical (unpaired) electrons. The van der Waals surface area contributed by atoms with Crippen LogP contribution in [0.25, 0.3) is 0 Å². The Morgan fingerprint density at radius 3 is 2.57 bits per heavy atom. The largest absolute Gasteiger partial charge is 0.497 e. The van der Waals surface area contributed by atoms with E-state index in [-0.39, 0.29) is 24.1 Å². The number of carbonyl (C=O) groups excluding carboxylic acids is 2. The summed E-state index contributed by atoms with van der Waals surface area (Å²) in [5, 5.41) is 3.12. The van der Waals surface area contributed by atoms with Gasteiger partial charge in [-0.1, -0.05) is 11.6 Å². The molecule has 2 amide bonds. The van der Waals surface area contributed by atoms with Gasteiger partial charge in [0.1, 0.15) is 11.4 Å². The minimum Gasteiger partial charge on any atom is -0.497 e. The van der Waals surface area contributed by atoms with Gasteiger partial charge in [0.25, 0.3) is 5.91 Å². The van der Waals surface area contributed by atoms with Gasteiger partial charge in [-0.15, -0.1) is 0 Å². The zero-order chi connectivity index (χ0) is 16.8. The number of nitrogens with zero attached hydrogens (tertiary/aromatic N) is 2. The van der Waals surface area contributed by atoms with E-state index in [1.807, 2.05) is 0 Å². The van der Waals surface area contributed by atoms with Gasteiger partial charge in [-0.2, -0.15) is 0 Å². The van der Waals surface area contributed by atoms with Crippen LogP contribution in [0.3, 0.4) is 0 Å². The van der Waals surface area contributed by atoms with Crippen molar-refractivity contribution in [2.75, 3.05) is 26.0 Å². The molecule has 0 bridgehead atoms. The highest BCUT2D eigenvalue weighted by atomic mass is 35.5. The highest BCUT2D eigenvalue weighted by Crippen LogP contribution is 2.15. The summed E-state index contributed by atoms with van der Waals surface area (Å²) in [7, 11) is 3.09. The van der Waals surface area contributed by atoms with Gasteiger partial charge in [0.2, 0.25) is 5.91 Å². The summed E-state index contributed by atoms with van der Waals surface area (Å²) in [6.07, 6.45) is 1.45. The van der Waals surface area contributed by atoms with Crippen LogP contribution in [0.5, 0.6) is 5.75 Å². The van der Waals surface area contributed by atoms with Gasteiger partial charge in [0.05, 0.1) is 13.7 Å². The second kappa shape index (κ2) is 7.60. The fraction of sp³-hybridized carbons (Fsp3) is 0.188. The molecule has 1 N–H and O–H groups in total. The number of halogens is 1. The Morgan fingerprint density at radius 2 is 1.96 bits per heavy atom. The Bertz CT molecular complexity index is 704. The Kier molecular flexibility index (Phi) is 5.54. The van der Waals surface area contributed by atoms with Crippen LogP contribution in [0.2, 0.25) is 5.02 Å². The lowest BCUT2D eigenvalue weighted by Gasteiger charge is -2.16. The van der Waals surface area contributed by atoms with E-state index in [1.165, 1.54) is 24.2 Å². The number of rotatable bonds is 5.